The zero-order valence-electron chi connectivity index (χ0n) is 14.8. The zero-order valence-corrected chi connectivity index (χ0v) is 14.8. The summed E-state index contributed by atoms with van der Waals surface area (Å²) in [6.07, 6.45) is 4.64. The first-order valence-electron chi connectivity index (χ1n) is 9.01. The van der Waals surface area contributed by atoms with Crippen molar-refractivity contribution in [2.45, 2.75) is 71.4 Å². The molecule has 0 radical (unpaired) electrons. The summed E-state index contributed by atoms with van der Waals surface area (Å²) in [7, 11) is 0. The second-order valence-corrected chi connectivity index (χ2v) is 7.75. The SMILES string of the molecule is Cc1ccc(C(C)C)c(OC(C)C(=O)NC2CC3CCC2C3)c1. The fourth-order valence-corrected chi connectivity index (χ4v) is 4.19. The molecule has 2 aliphatic carbocycles. The van der Waals surface area contributed by atoms with E-state index >= 15 is 0 Å². The average Bonchev–Trinajstić information content (AvgIpc) is 3.09. The minimum absolute atomic E-state index is 0.0266. The molecule has 2 bridgehead atoms. The minimum atomic E-state index is -0.451. The quantitative estimate of drug-likeness (QED) is 0.885. The van der Waals surface area contributed by atoms with Gasteiger partial charge >= 0.3 is 0 Å². The van der Waals surface area contributed by atoms with Gasteiger partial charge in [0.25, 0.3) is 5.91 Å². The van der Waals surface area contributed by atoms with Gasteiger partial charge in [-0.1, -0.05) is 32.4 Å². The molecule has 3 heteroatoms. The van der Waals surface area contributed by atoms with Gasteiger partial charge in [-0.05, 0) is 68.1 Å². The molecule has 0 saturated heterocycles. The van der Waals surface area contributed by atoms with E-state index in [9.17, 15) is 4.79 Å². The number of carbonyl (C=O) groups excluding carboxylic acids is 1. The molecule has 2 fully saturated rings. The van der Waals surface area contributed by atoms with E-state index in [1.165, 1.54) is 19.3 Å². The number of nitrogens with one attached hydrogen (secondary N) is 1. The molecule has 3 nitrogen and oxygen atoms in total. The van der Waals surface area contributed by atoms with Crippen molar-refractivity contribution in [2.75, 3.05) is 0 Å². The Morgan fingerprint density at radius 3 is 2.61 bits per heavy atom. The molecule has 4 atom stereocenters. The molecule has 0 aliphatic heterocycles. The van der Waals surface area contributed by atoms with Crippen LogP contribution in [0.15, 0.2) is 18.2 Å². The lowest BCUT2D eigenvalue weighted by Crippen LogP contribution is -2.44. The van der Waals surface area contributed by atoms with E-state index in [0.717, 1.165) is 29.2 Å². The molecule has 1 N–H and O–H groups in total. The first-order valence-corrected chi connectivity index (χ1v) is 9.01. The van der Waals surface area contributed by atoms with Gasteiger partial charge in [-0.15, -0.1) is 0 Å². The summed E-state index contributed by atoms with van der Waals surface area (Å²) in [5.74, 6) is 2.79. The van der Waals surface area contributed by atoms with Crippen LogP contribution in [0, 0.1) is 18.8 Å². The van der Waals surface area contributed by atoms with E-state index in [1.54, 1.807) is 0 Å². The molecule has 1 amide bonds. The van der Waals surface area contributed by atoms with Crippen LogP contribution in [0.4, 0.5) is 0 Å². The average molecular weight is 315 g/mol. The molecule has 23 heavy (non-hydrogen) atoms. The van der Waals surface area contributed by atoms with Crippen LogP contribution in [-0.4, -0.2) is 18.1 Å². The third kappa shape index (κ3) is 3.54. The molecule has 1 aromatic carbocycles. The normalized spacial score (nSPS) is 27.3. The number of hydrogen-bond donors (Lipinski definition) is 1. The van der Waals surface area contributed by atoms with Crippen molar-refractivity contribution in [1.82, 2.24) is 5.32 Å². The van der Waals surface area contributed by atoms with Gasteiger partial charge in [-0.3, -0.25) is 4.79 Å². The smallest absolute Gasteiger partial charge is 0.261 e. The highest BCUT2D eigenvalue weighted by atomic mass is 16.5. The minimum Gasteiger partial charge on any atom is -0.481 e. The maximum atomic E-state index is 12.5. The Labute approximate surface area is 139 Å². The standard InChI is InChI=1S/C20H29NO2/c1-12(2)17-8-5-13(3)9-19(17)23-14(4)20(22)21-18-11-15-6-7-16(18)10-15/h5,8-9,12,14-16,18H,6-7,10-11H2,1-4H3,(H,21,22). The predicted molar refractivity (Wildman–Crippen MR) is 92.7 cm³/mol. The molecular formula is C20H29NO2. The Morgan fingerprint density at radius 2 is 2.00 bits per heavy atom. The van der Waals surface area contributed by atoms with E-state index in [4.69, 9.17) is 4.74 Å². The molecule has 4 unspecified atom stereocenters. The van der Waals surface area contributed by atoms with Gasteiger partial charge in [-0.25, -0.2) is 0 Å². The zero-order chi connectivity index (χ0) is 16.6. The van der Waals surface area contributed by atoms with Crippen molar-refractivity contribution in [3.8, 4) is 5.75 Å². The molecule has 126 valence electrons. The lowest BCUT2D eigenvalue weighted by atomic mass is 9.95. The van der Waals surface area contributed by atoms with Gasteiger partial charge < -0.3 is 10.1 Å². The van der Waals surface area contributed by atoms with Gasteiger partial charge in [0.1, 0.15) is 5.75 Å². The number of ether oxygens (including phenoxy) is 1. The Hall–Kier alpha value is -1.51. The van der Waals surface area contributed by atoms with Crippen LogP contribution >= 0.6 is 0 Å². The van der Waals surface area contributed by atoms with Crippen LogP contribution in [0.1, 0.15) is 63.5 Å². The van der Waals surface area contributed by atoms with Crippen molar-refractivity contribution in [1.29, 1.82) is 0 Å². The van der Waals surface area contributed by atoms with E-state index < -0.39 is 6.10 Å². The highest BCUT2D eigenvalue weighted by Gasteiger charge is 2.40. The van der Waals surface area contributed by atoms with E-state index in [1.807, 2.05) is 13.0 Å². The van der Waals surface area contributed by atoms with Crippen molar-refractivity contribution >= 4 is 5.91 Å². The lowest BCUT2D eigenvalue weighted by molar-refractivity contribution is -0.128. The highest BCUT2D eigenvalue weighted by molar-refractivity contribution is 5.81. The van der Waals surface area contributed by atoms with Crippen molar-refractivity contribution < 1.29 is 9.53 Å². The second-order valence-electron chi connectivity index (χ2n) is 7.75. The second kappa shape index (κ2) is 6.54. The van der Waals surface area contributed by atoms with Crippen LogP contribution in [0.5, 0.6) is 5.75 Å². The number of carbonyl (C=O) groups is 1. The number of amides is 1. The predicted octanol–water partition coefficient (Wildman–Crippen LogP) is 4.19. The Balaban J connectivity index is 1.63. The summed E-state index contributed by atoms with van der Waals surface area (Å²) in [6.45, 7) is 8.21. The number of fused-ring (bicyclic) bond motifs is 2. The summed E-state index contributed by atoms with van der Waals surface area (Å²) >= 11 is 0. The van der Waals surface area contributed by atoms with E-state index in [0.29, 0.717) is 17.9 Å². The largest absolute Gasteiger partial charge is 0.481 e. The highest BCUT2D eigenvalue weighted by Crippen LogP contribution is 2.44. The molecule has 2 aliphatic rings. The first-order chi connectivity index (χ1) is 10.9. The van der Waals surface area contributed by atoms with Crippen LogP contribution < -0.4 is 10.1 Å². The number of aryl methyl sites for hydroxylation is 1. The molecule has 2 saturated carbocycles. The maximum Gasteiger partial charge on any atom is 0.261 e. The Morgan fingerprint density at radius 1 is 1.22 bits per heavy atom. The van der Waals surface area contributed by atoms with Gasteiger partial charge in [0.2, 0.25) is 0 Å². The Kier molecular flexibility index (Phi) is 4.65. The summed E-state index contributed by atoms with van der Waals surface area (Å²) < 4.78 is 6.03. The fourth-order valence-electron chi connectivity index (χ4n) is 4.19. The van der Waals surface area contributed by atoms with Crippen LogP contribution in [0.3, 0.4) is 0 Å². The molecule has 3 rings (SSSR count). The summed E-state index contributed by atoms with van der Waals surface area (Å²) in [5, 5.41) is 3.23. The molecule has 1 aromatic rings. The number of rotatable bonds is 5. The van der Waals surface area contributed by atoms with Gasteiger partial charge in [0, 0.05) is 6.04 Å². The van der Waals surface area contributed by atoms with E-state index in [2.05, 4.69) is 38.2 Å². The number of benzene rings is 1. The first kappa shape index (κ1) is 16.4. The van der Waals surface area contributed by atoms with Gasteiger partial charge in [-0.2, -0.15) is 0 Å². The van der Waals surface area contributed by atoms with Gasteiger partial charge in [0.05, 0.1) is 0 Å². The van der Waals surface area contributed by atoms with Crippen molar-refractivity contribution in [3.05, 3.63) is 29.3 Å². The third-order valence-electron chi connectivity index (χ3n) is 5.53. The van der Waals surface area contributed by atoms with E-state index in [-0.39, 0.29) is 5.91 Å². The van der Waals surface area contributed by atoms with Crippen LogP contribution in [0.25, 0.3) is 0 Å². The van der Waals surface area contributed by atoms with Crippen molar-refractivity contribution in [3.63, 3.8) is 0 Å². The van der Waals surface area contributed by atoms with Crippen LogP contribution in [-0.2, 0) is 4.79 Å². The van der Waals surface area contributed by atoms with Crippen LogP contribution in [0.2, 0.25) is 0 Å². The Bertz CT molecular complexity index is 581. The van der Waals surface area contributed by atoms with Gasteiger partial charge in [0.15, 0.2) is 6.10 Å². The summed E-state index contributed by atoms with van der Waals surface area (Å²) in [4.78, 5) is 12.5. The topological polar surface area (TPSA) is 38.3 Å². The summed E-state index contributed by atoms with van der Waals surface area (Å²) in [5.41, 5.74) is 2.32. The molecule has 0 spiro atoms. The summed E-state index contributed by atoms with van der Waals surface area (Å²) in [6, 6.07) is 6.61. The lowest BCUT2D eigenvalue weighted by Gasteiger charge is -2.25. The fraction of sp³-hybridized carbons (Fsp3) is 0.650. The molecule has 0 aromatic heterocycles. The number of hydrogen-bond acceptors (Lipinski definition) is 2. The maximum absolute atomic E-state index is 12.5. The third-order valence-corrected chi connectivity index (χ3v) is 5.53. The molecular weight excluding hydrogens is 286 g/mol. The monoisotopic (exact) mass is 315 g/mol. The van der Waals surface area contributed by atoms with Crippen molar-refractivity contribution in [2.24, 2.45) is 11.8 Å². The molecule has 0 heterocycles.